The van der Waals surface area contributed by atoms with Crippen molar-refractivity contribution in [1.29, 1.82) is 0 Å². The van der Waals surface area contributed by atoms with E-state index in [2.05, 4.69) is 0 Å². The molecule has 2 atom stereocenters. The topological polar surface area (TPSA) is 34.1 Å². The fourth-order valence-corrected chi connectivity index (χ4v) is 1.51. The van der Waals surface area contributed by atoms with Gasteiger partial charge >= 0.3 is 0 Å². The Hall–Kier alpha value is -0.660. The molecule has 2 heteroatoms. The van der Waals surface area contributed by atoms with Crippen LogP contribution >= 0.6 is 0 Å². The maximum absolute atomic E-state index is 10.9. The van der Waals surface area contributed by atoms with Gasteiger partial charge in [0.1, 0.15) is 12.1 Å². The summed E-state index contributed by atoms with van der Waals surface area (Å²) in [5, 5.41) is 0. The average molecular weight is 140 g/mol. The first-order valence-electron chi connectivity index (χ1n) is 3.72. The van der Waals surface area contributed by atoms with E-state index in [9.17, 15) is 9.59 Å². The fraction of sp³-hybridized carbons (Fsp3) is 0.750. The number of rotatable bonds is 2. The summed E-state index contributed by atoms with van der Waals surface area (Å²) in [7, 11) is 0. The molecule has 1 aliphatic carbocycles. The quantitative estimate of drug-likeness (QED) is 0.540. The molecule has 0 N–H and O–H groups in total. The fourth-order valence-electron chi connectivity index (χ4n) is 1.51. The van der Waals surface area contributed by atoms with Crippen LogP contribution in [0.3, 0.4) is 0 Å². The van der Waals surface area contributed by atoms with Crippen molar-refractivity contribution in [2.45, 2.75) is 26.2 Å². The molecule has 0 spiro atoms. The lowest BCUT2D eigenvalue weighted by Gasteiger charge is -2.08. The molecule has 0 radical (unpaired) electrons. The lowest BCUT2D eigenvalue weighted by atomic mass is 9.95. The molecule has 0 bridgehead atoms. The van der Waals surface area contributed by atoms with Gasteiger partial charge < -0.3 is 4.79 Å². The Morgan fingerprint density at radius 1 is 1.70 bits per heavy atom. The molecule has 1 saturated carbocycles. The average Bonchev–Trinajstić information content (AvgIpc) is 2.20. The third-order valence-corrected chi connectivity index (χ3v) is 2.38. The third-order valence-electron chi connectivity index (χ3n) is 2.38. The number of Topliss-reactive ketones (excluding diaryl/α,β-unsaturated/α-hetero) is 1. The Balaban J connectivity index is 2.48. The van der Waals surface area contributed by atoms with Crippen LogP contribution in [0.25, 0.3) is 0 Å². The molecule has 0 unspecified atom stereocenters. The zero-order chi connectivity index (χ0) is 7.56. The summed E-state index contributed by atoms with van der Waals surface area (Å²) in [5.74, 6) is 0.794. The molecule has 1 rings (SSSR count). The molecule has 0 aliphatic heterocycles. The summed E-state index contributed by atoms with van der Waals surface area (Å²) in [4.78, 5) is 21.0. The van der Waals surface area contributed by atoms with Crippen LogP contribution in [0.5, 0.6) is 0 Å². The minimum atomic E-state index is 0.130. The van der Waals surface area contributed by atoms with Gasteiger partial charge in [-0.15, -0.1) is 0 Å². The van der Waals surface area contributed by atoms with Gasteiger partial charge in [-0.3, -0.25) is 4.79 Å². The van der Waals surface area contributed by atoms with Crippen LogP contribution in [0, 0.1) is 11.8 Å². The van der Waals surface area contributed by atoms with Crippen molar-refractivity contribution in [3.05, 3.63) is 0 Å². The first-order valence-corrected chi connectivity index (χ1v) is 3.72. The standard InChI is InChI=1S/C8H12O2/c1-6-7(4-5-9)2-3-8(6)10/h5-7H,2-4H2,1H3/t6-,7-/m0/s1. The summed E-state index contributed by atoms with van der Waals surface area (Å²) in [5.41, 5.74) is 0. The Bertz CT molecular complexity index is 151. The van der Waals surface area contributed by atoms with Gasteiger partial charge in [0, 0.05) is 18.8 Å². The molecule has 56 valence electrons. The molecule has 10 heavy (non-hydrogen) atoms. The third kappa shape index (κ3) is 1.25. The number of carbonyl (C=O) groups is 2. The van der Waals surface area contributed by atoms with Gasteiger partial charge in [-0.05, 0) is 12.3 Å². The van der Waals surface area contributed by atoms with Crippen molar-refractivity contribution >= 4 is 12.1 Å². The molecule has 2 nitrogen and oxygen atoms in total. The maximum atomic E-state index is 10.9. The molecule has 0 aromatic heterocycles. The van der Waals surface area contributed by atoms with Gasteiger partial charge in [0.25, 0.3) is 0 Å². The van der Waals surface area contributed by atoms with Gasteiger partial charge in [-0.25, -0.2) is 0 Å². The molecule has 0 heterocycles. The normalized spacial score (nSPS) is 32.7. The van der Waals surface area contributed by atoms with E-state index in [4.69, 9.17) is 0 Å². The highest BCUT2D eigenvalue weighted by Crippen LogP contribution is 2.29. The van der Waals surface area contributed by atoms with E-state index in [1.165, 1.54) is 0 Å². The van der Waals surface area contributed by atoms with E-state index in [0.717, 1.165) is 12.7 Å². The molecule has 0 aromatic carbocycles. The summed E-state index contributed by atoms with van der Waals surface area (Å²) < 4.78 is 0. The van der Waals surface area contributed by atoms with E-state index in [1.54, 1.807) is 0 Å². The molecule has 1 aliphatic rings. The Kier molecular flexibility index (Phi) is 2.20. The van der Waals surface area contributed by atoms with Gasteiger partial charge in [0.15, 0.2) is 0 Å². The van der Waals surface area contributed by atoms with Gasteiger partial charge in [0.2, 0.25) is 0 Å². The monoisotopic (exact) mass is 140 g/mol. The highest BCUT2D eigenvalue weighted by atomic mass is 16.1. The predicted octanol–water partition coefficient (Wildman–Crippen LogP) is 1.19. The van der Waals surface area contributed by atoms with Crippen molar-refractivity contribution in [2.24, 2.45) is 11.8 Å². The van der Waals surface area contributed by atoms with Crippen LogP contribution in [-0.4, -0.2) is 12.1 Å². The van der Waals surface area contributed by atoms with E-state index < -0.39 is 0 Å². The molecule has 0 aromatic rings. The second kappa shape index (κ2) is 2.95. The molecular formula is C8H12O2. The second-order valence-corrected chi connectivity index (χ2v) is 2.96. The summed E-state index contributed by atoms with van der Waals surface area (Å²) in [6.07, 6.45) is 3.07. The van der Waals surface area contributed by atoms with Gasteiger partial charge in [0.05, 0.1) is 0 Å². The van der Waals surface area contributed by atoms with Crippen LogP contribution in [-0.2, 0) is 9.59 Å². The summed E-state index contributed by atoms with van der Waals surface area (Å²) >= 11 is 0. The van der Waals surface area contributed by atoms with Crippen LogP contribution in [0.4, 0.5) is 0 Å². The van der Waals surface area contributed by atoms with Crippen molar-refractivity contribution < 1.29 is 9.59 Å². The van der Waals surface area contributed by atoms with E-state index in [-0.39, 0.29) is 5.92 Å². The number of aldehydes is 1. The summed E-state index contributed by atoms with van der Waals surface area (Å²) in [6, 6.07) is 0. The van der Waals surface area contributed by atoms with Gasteiger partial charge in [-0.2, -0.15) is 0 Å². The predicted molar refractivity (Wildman–Crippen MR) is 37.6 cm³/mol. The zero-order valence-corrected chi connectivity index (χ0v) is 6.17. The number of carbonyl (C=O) groups excluding carboxylic acids is 2. The first-order chi connectivity index (χ1) is 4.75. The van der Waals surface area contributed by atoms with Crippen LogP contribution in [0.15, 0.2) is 0 Å². The molecule has 0 amide bonds. The summed E-state index contributed by atoms with van der Waals surface area (Å²) in [6.45, 7) is 1.92. The minimum Gasteiger partial charge on any atom is -0.303 e. The smallest absolute Gasteiger partial charge is 0.136 e. The Morgan fingerprint density at radius 2 is 2.40 bits per heavy atom. The van der Waals surface area contributed by atoms with E-state index >= 15 is 0 Å². The highest BCUT2D eigenvalue weighted by Gasteiger charge is 2.29. The van der Waals surface area contributed by atoms with Crippen molar-refractivity contribution in [3.8, 4) is 0 Å². The van der Waals surface area contributed by atoms with Crippen molar-refractivity contribution in [3.63, 3.8) is 0 Å². The largest absolute Gasteiger partial charge is 0.303 e. The number of ketones is 1. The van der Waals surface area contributed by atoms with Crippen LogP contribution < -0.4 is 0 Å². The van der Waals surface area contributed by atoms with Crippen molar-refractivity contribution in [2.75, 3.05) is 0 Å². The van der Waals surface area contributed by atoms with E-state index in [1.807, 2.05) is 6.92 Å². The highest BCUT2D eigenvalue weighted by molar-refractivity contribution is 5.83. The molecule has 0 saturated heterocycles. The second-order valence-electron chi connectivity index (χ2n) is 2.96. The molecule has 1 fully saturated rings. The lowest BCUT2D eigenvalue weighted by Crippen LogP contribution is -2.10. The Labute approximate surface area is 60.6 Å². The minimum absolute atomic E-state index is 0.130. The van der Waals surface area contributed by atoms with Gasteiger partial charge in [-0.1, -0.05) is 6.92 Å². The van der Waals surface area contributed by atoms with E-state index in [0.29, 0.717) is 24.5 Å². The number of hydrogen-bond donors (Lipinski definition) is 0. The molecular weight excluding hydrogens is 128 g/mol. The van der Waals surface area contributed by atoms with Crippen LogP contribution in [0.1, 0.15) is 26.2 Å². The van der Waals surface area contributed by atoms with Crippen LogP contribution in [0.2, 0.25) is 0 Å². The lowest BCUT2D eigenvalue weighted by molar-refractivity contribution is -0.120. The number of hydrogen-bond acceptors (Lipinski definition) is 2. The Morgan fingerprint density at radius 3 is 2.80 bits per heavy atom. The maximum Gasteiger partial charge on any atom is 0.136 e. The SMILES string of the molecule is C[C@@H]1C(=O)CC[C@H]1CC=O. The first kappa shape index (κ1) is 7.45. The zero-order valence-electron chi connectivity index (χ0n) is 6.17. The van der Waals surface area contributed by atoms with Crippen molar-refractivity contribution in [1.82, 2.24) is 0 Å².